The van der Waals surface area contributed by atoms with Crippen LogP contribution in [0.3, 0.4) is 0 Å². The molecule has 2 rings (SSSR count). The maximum Gasteiger partial charge on any atom is 0.410 e. The van der Waals surface area contributed by atoms with E-state index in [2.05, 4.69) is 9.97 Å². The lowest BCUT2D eigenvalue weighted by Crippen LogP contribution is -2.38. The van der Waals surface area contributed by atoms with Gasteiger partial charge in [0, 0.05) is 25.1 Å². The standard InChI is InChI=1S/C14H20ClN3O2/c1-9-16-11-6-8-18(13(19)20-14(2,3)4)7-5-10(11)12(15)17-9/h5-8H2,1-4H3. The Bertz CT molecular complexity index is 526. The van der Waals surface area contributed by atoms with Gasteiger partial charge < -0.3 is 9.64 Å². The van der Waals surface area contributed by atoms with Gasteiger partial charge in [-0.25, -0.2) is 14.8 Å². The van der Waals surface area contributed by atoms with Gasteiger partial charge >= 0.3 is 6.09 Å². The molecule has 0 aromatic carbocycles. The lowest BCUT2D eigenvalue weighted by atomic mass is 10.1. The topological polar surface area (TPSA) is 55.3 Å². The number of halogens is 1. The summed E-state index contributed by atoms with van der Waals surface area (Å²) in [4.78, 5) is 22.4. The number of nitrogens with zero attached hydrogens (tertiary/aromatic N) is 3. The van der Waals surface area contributed by atoms with E-state index >= 15 is 0 Å². The van der Waals surface area contributed by atoms with Crippen LogP contribution in [0.4, 0.5) is 4.79 Å². The molecular formula is C14H20ClN3O2. The van der Waals surface area contributed by atoms with Gasteiger partial charge in [0.05, 0.1) is 5.69 Å². The Labute approximate surface area is 124 Å². The first-order valence-corrected chi connectivity index (χ1v) is 7.14. The number of hydrogen-bond donors (Lipinski definition) is 0. The molecule has 1 aromatic rings. The third-order valence-corrected chi connectivity index (χ3v) is 3.37. The molecule has 1 aliphatic rings. The van der Waals surface area contributed by atoms with E-state index in [1.54, 1.807) is 4.90 Å². The Morgan fingerprint density at radius 2 is 1.90 bits per heavy atom. The largest absolute Gasteiger partial charge is 0.444 e. The fourth-order valence-corrected chi connectivity index (χ4v) is 2.50. The minimum absolute atomic E-state index is 0.286. The Kier molecular flexibility index (Phi) is 4.18. The SMILES string of the molecule is Cc1nc(Cl)c2c(n1)CCN(C(=O)OC(C)(C)C)CC2. The van der Waals surface area contributed by atoms with Crippen LogP contribution in [-0.2, 0) is 17.6 Å². The molecule has 110 valence electrons. The molecule has 0 N–H and O–H groups in total. The van der Waals surface area contributed by atoms with E-state index in [1.165, 1.54) is 0 Å². The minimum atomic E-state index is -0.482. The van der Waals surface area contributed by atoms with Gasteiger partial charge in [0.2, 0.25) is 0 Å². The van der Waals surface area contributed by atoms with E-state index in [1.807, 2.05) is 27.7 Å². The van der Waals surface area contributed by atoms with Gasteiger partial charge in [0.15, 0.2) is 0 Å². The number of amides is 1. The smallest absolute Gasteiger partial charge is 0.410 e. The van der Waals surface area contributed by atoms with E-state index in [9.17, 15) is 4.79 Å². The van der Waals surface area contributed by atoms with Crippen LogP contribution in [0, 0.1) is 6.92 Å². The Hall–Kier alpha value is -1.36. The zero-order valence-electron chi connectivity index (χ0n) is 12.4. The van der Waals surface area contributed by atoms with Crippen molar-refractivity contribution in [3.63, 3.8) is 0 Å². The zero-order chi connectivity index (χ0) is 14.9. The van der Waals surface area contributed by atoms with Crippen LogP contribution in [-0.4, -0.2) is 39.7 Å². The van der Waals surface area contributed by atoms with Crippen molar-refractivity contribution in [1.29, 1.82) is 0 Å². The van der Waals surface area contributed by atoms with Crippen molar-refractivity contribution in [3.05, 3.63) is 22.2 Å². The molecule has 0 fully saturated rings. The first kappa shape index (κ1) is 15.0. The summed E-state index contributed by atoms with van der Waals surface area (Å²) in [7, 11) is 0. The van der Waals surface area contributed by atoms with Crippen molar-refractivity contribution < 1.29 is 9.53 Å². The Morgan fingerprint density at radius 3 is 2.55 bits per heavy atom. The van der Waals surface area contributed by atoms with Crippen molar-refractivity contribution in [2.24, 2.45) is 0 Å². The second-order valence-corrected chi connectivity index (χ2v) is 6.31. The first-order valence-electron chi connectivity index (χ1n) is 6.76. The zero-order valence-corrected chi connectivity index (χ0v) is 13.1. The molecule has 0 aliphatic carbocycles. The van der Waals surface area contributed by atoms with Gasteiger partial charge in [-0.3, -0.25) is 0 Å². The monoisotopic (exact) mass is 297 g/mol. The number of carbonyl (C=O) groups is 1. The fraction of sp³-hybridized carbons (Fsp3) is 0.643. The summed E-state index contributed by atoms with van der Waals surface area (Å²) in [5, 5.41) is 0.499. The molecule has 0 unspecified atom stereocenters. The highest BCUT2D eigenvalue weighted by Gasteiger charge is 2.25. The first-order chi connectivity index (χ1) is 9.26. The third-order valence-electron chi connectivity index (χ3n) is 3.06. The van der Waals surface area contributed by atoms with Crippen LogP contribution >= 0.6 is 11.6 Å². The number of fused-ring (bicyclic) bond motifs is 1. The molecule has 0 atom stereocenters. The number of aryl methyl sites for hydroxylation is 1. The summed E-state index contributed by atoms with van der Waals surface area (Å²) in [6.45, 7) is 8.58. The predicted molar refractivity (Wildman–Crippen MR) is 77.0 cm³/mol. The summed E-state index contributed by atoms with van der Waals surface area (Å²) in [5.41, 5.74) is 1.40. The van der Waals surface area contributed by atoms with Gasteiger partial charge in [0.25, 0.3) is 0 Å². The minimum Gasteiger partial charge on any atom is -0.444 e. The Morgan fingerprint density at radius 1 is 1.25 bits per heavy atom. The van der Waals surface area contributed by atoms with E-state index in [-0.39, 0.29) is 6.09 Å². The highest BCUT2D eigenvalue weighted by atomic mass is 35.5. The molecule has 5 nitrogen and oxygen atoms in total. The van der Waals surface area contributed by atoms with Crippen molar-refractivity contribution in [2.75, 3.05) is 13.1 Å². The van der Waals surface area contributed by atoms with E-state index in [0.717, 1.165) is 11.3 Å². The second kappa shape index (κ2) is 5.56. The number of carbonyl (C=O) groups excluding carboxylic acids is 1. The lowest BCUT2D eigenvalue weighted by Gasteiger charge is -2.26. The molecule has 1 aliphatic heterocycles. The van der Waals surface area contributed by atoms with Crippen LogP contribution in [0.5, 0.6) is 0 Å². The van der Waals surface area contributed by atoms with Gasteiger partial charge in [-0.2, -0.15) is 0 Å². The van der Waals surface area contributed by atoms with Crippen molar-refractivity contribution in [3.8, 4) is 0 Å². The van der Waals surface area contributed by atoms with Crippen molar-refractivity contribution in [2.45, 2.75) is 46.1 Å². The molecule has 0 bridgehead atoms. The molecule has 0 saturated heterocycles. The summed E-state index contributed by atoms with van der Waals surface area (Å²) in [6, 6.07) is 0. The van der Waals surface area contributed by atoms with Crippen LogP contribution < -0.4 is 0 Å². The Balaban J connectivity index is 2.12. The number of ether oxygens (including phenoxy) is 1. The molecule has 2 heterocycles. The van der Waals surface area contributed by atoms with E-state index in [4.69, 9.17) is 16.3 Å². The van der Waals surface area contributed by atoms with Gasteiger partial charge in [-0.15, -0.1) is 0 Å². The number of rotatable bonds is 0. The summed E-state index contributed by atoms with van der Waals surface area (Å²) < 4.78 is 5.40. The predicted octanol–water partition coefficient (Wildman–Crippen LogP) is 2.77. The average molecular weight is 298 g/mol. The van der Waals surface area contributed by atoms with Crippen molar-refractivity contribution in [1.82, 2.24) is 14.9 Å². The van der Waals surface area contributed by atoms with E-state index in [0.29, 0.717) is 36.9 Å². The molecule has 6 heteroatoms. The van der Waals surface area contributed by atoms with Crippen molar-refractivity contribution >= 4 is 17.7 Å². The molecule has 0 saturated carbocycles. The quantitative estimate of drug-likeness (QED) is 0.691. The third kappa shape index (κ3) is 3.60. The second-order valence-electron chi connectivity index (χ2n) is 5.95. The van der Waals surface area contributed by atoms with Gasteiger partial charge in [-0.05, 0) is 34.1 Å². The molecular weight excluding hydrogens is 278 g/mol. The number of aromatic nitrogens is 2. The van der Waals surface area contributed by atoms with Crippen LogP contribution in [0.15, 0.2) is 0 Å². The maximum atomic E-state index is 12.1. The summed E-state index contributed by atoms with van der Waals surface area (Å²) in [6.07, 6.45) is 1.05. The highest BCUT2D eigenvalue weighted by molar-refractivity contribution is 6.30. The lowest BCUT2D eigenvalue weighted by molar-refractivity contribution is 0.0258. The van der Waals surface area contributed by atoms with Crippen LogP contribution in [0.2, 0.25) is 5.15 Å². The van der Waals surface area contributed by atoms with Crippen LogP contribution in [0.1, 0.15) is 37.9 Å². The van der Waals surface area contributed by atoms with Gasteiger partial charge in [0.1, 0.15) is 16.6 Å². The van der Waals surface area contributed by atoms with Gasteiger partial charge in [-0.1, -0.05) is 11.6 Å². The molecule has 20 heavy (non-hydrogen) atoms. The number of hydrogen-bond acceptors (Lipinski definition) is 4. The summed E-state index contributed by atoms with van der Waals surface area (Å²) in [5.74, 6) is 0.666. The average Bonchev–Trinajstić information content (AvgIpc) is 2.49. The van der Waals surface area contributed by atoms with E-state index < -0.39 is 5.60 Å². The molecule has 0 radical (unpaired) electrons. The fourth-order valence-electron chi connectivity index (χ4n) is 2.18. The maximum absolute atomic E-state index is 12.1. The normalized spacial score (nSPS) is 15.6. The molecule has 1 amide bonds. The molecule has 0 spiro atoms. The molecule has 1 aromatic heterocycles. The van der Waals surface area contributed by atoms with Crippen LogP contribution in [0.25, 0.3) is 0 Å². The summed E-state index contributed by atoms with van der Waals surface area (Å²) >= 11 is 6.17. The highest BCUT2D eigenvalue weighted by Crippen LogP contribution is 2.22.